The highest BCUT2D eigenvalue weighted by Gasteiger charge is 2.08. The fraction of sp³-hybridized carbons (Fsp3) is 0.250. The normalized spacial score (nSPS) is 10.7. The molecule has 0 fully saturated rings. The van der Waals surface area contributed by atoms with Crippen LogP contribution in [0.3, 0.4) is 0 Å². The van der Waals surface area contributed by atoms with Gasteiger partial charge in [-0.05, 0) is 48.9 Å². The molecule has 5 heteroatoms. The highest BCUT2D eigenvalue weighted by molar-refractivity contribution is 9.10. The number of ether oxygens (including phenoxy) is 1. The molecule has 0 atom stereocenters. The third kappa shape index (κ3) is 4.79. The summed E-state index contributed by atoms with van der Waals surface area (Å²) in [5.41, 5.74) is 0.760. The Hall–Kier alpha value is -1.46. The maximum Gasteiger partial charge on any atom is 0.166 e. The van der Waals surface area contributed by atoms with Gasteiger partial charge in [0.25, 0.3) is 0 Å². The second kappa shape index (κ2) is 7.52. The van der Waals surface area contributed by atoms with Crippen molar-refractivity contribution < 1.29 is 13.5 Å². The molecule has 0 amide bonds. The first-order valence-corrected chi connectivity index (χ1v) is 7.51. The first kappa shape index (κ1) is 15.9. The van der Waals surface area contributed by atoms with Crippen LogP contribution in [0, 0.1) is 11.6 Å². The molecule has 0 aliphatic carbocycles. The lowest BCUT2D eigenvalue weighted by Gasteiger charge is -2.10. The van der Waals surface area contributed by atoms with Crippen molar-refractivity contribution in [1.82, 2.24) is 5.32 Å². The molecule has 0 bridgehead atoms. The molecular formula is C16H16BrF2NO. The van der Waals surface area contributed by atoms with Gasteiger partial charge in [0.05, 0.1) is 0 Å². The summed E-state index contributed by atoms with van der Waals surface area (Å²) in [5, 5.41) is 3.19. The van der Waals surface area contributed by atoms with E-state index in [2.05, 4.69) is 28.2 Å². The number of hydrogen-bond donors (Lipinski definition) is 1. The van der Waals surface area contributed by atoms with Gasteiger partial charge >= 0.3 is 0 Å². The van der Waals surface area contributed by atoms with Crippen LogP contribution >= 0.6 is 15.9 Å². The van der Waals surface area contributed by atoms with Crippen molar-refractivity contribution in [2.45, 2.75) is 19.9 Å². The van der Waals surface area contributed by atoms with Crippen LogP contribution < -0.4 is 10.1 Å². The Kier molecular flexibility index (Phi) is 5.70. The van der Waals surface area contributed by atoms with Crippen LogP contribution in [-0.4, -0.2) is 6.54 Å². The zero-order valence-electron chi connectivity index (χ0n) is 11.6. The van der Waals surface area contributed by atoms with Gasteiger partial charge in [0, 0.05) is 17.1 Å². The maximum absolute atomic E-state index is 13.7. The molecule has 2 aromatic rings. The zero-order valence-corrected chi connectivity index (χ0v) is 13.2. The average molecular weight is 356 g/mol. The van der Waals surface area contributed by atoms with E-state index in [0.717, 1.165) is 18.5 Å². The van der Waals surface area contributed by atoms with Crippen LogP contribution in [0.25, 0.3) is 0 Å². The van der Waals surface area contributed by atoms with E-state index in [4.69, 9.17) is 4.74 Å². The molecule has 0 spiro atoms. The Bertz CT molecular complexity index is 619. The van der Waals surface area contributed by atoms with Gasteiger partial charge in [-0.2, -0.15) is 0 Å². The Morgan fingerprint density at radius 1 is 1.14 bits per heavy atom. The van der Waals surface area contributed by atoms with E-state index in [9.17, 15) is 8.78 Å². The minimum absolute atomic E-state index is 0.0660. The minimum atomic E-state index is -0.501. The van der Waals surface area contributed by atoms with Crippen LogP contribution in [0.2, 0.25) is 0 Å². The van der Waals surface area contributed by atoms with Crippen molar-refractivity contribution in [3.8, 4) is 11.5 Å². The van der Waals surface area contributed by atoms with E-state index < -0.39 is 11.6 Å². The molecule has 0 aliphatic heterocycles. The smallest absolute Gasteiger partial charge is 0.166 e. The Labute approximate surface area is 131 Å². The van der Waals surface area contributed by atoms with Crippen LogP contribution in [0.5, 0.6) is 11.5 Å². The van der Waals surface area contributed by atoms with Crippen molar-refractivity contribution >= 4 is 15.9 Å². The van der Waals surface area contributed by atoms with E-state index >= 15 is 0 Å². The molecule has 2 aromatic carbocycles. The van der Waals surface area contributed by atoms with Gasteiger partial charge in [-0.15, -0.1) is 0 Å². The second-order valence-corrected chi connectivity index (χ2v) is 5.56. The zero-order chi connectivity index (χ0) is 15.2. The van der Waals surface area contributed by atoms with E-state index in [0.29, 0.717) is 11.0 Å². The summed E-state index contributed by atoms with van der Waals surface area (Å²) in [6.45, 7) is 3.46. The SMILES string of the molecule is CCCNCc1cc(F)cc(Oc2ccc(Br)cc2F)c1. The summed E-state index contributed by atoms with van der Waals surface area (Å²) in [6.07, 6.45) is 1.00. The first-order valence-electron chi connectivity index (χ1n) is 6.71. The number of rotatable bonds is 6. The van der Waals surface area contributed by atoms with Crippen LogP contribution in [-0.2, 0) is 6.54 Å². The van der Waals surface area contributed by atoms with E-state index in [1.807, 2.05) is 0 Å². The molecule has 0 aromatic heterocycles. The standard InChI is InChI=1S/C16H16BrF2NO/c1-2-5-20-10-11-6-13(18)9-14(7-11)21-16-4-3-12(17)8-15(16)19/h3-4,6-9,20H,2,5,10H2,1H3. The lowest BCUT2D eigenvalue weighted by Crippen LogP contribution is -2.13. The summed E-state index contributed by atoms with van der Waals surface area (Å²) in [5.74, 6) is -0.557. The van der Waals surface area contributed by atoms with E-state index in [1.54, 1.807) is 12.1 Å². The van der Waals surface area contributed by atoms with Gasteiger partial charge in [-0.1, -0.05) is 22.9 Å². The second-order valence-electron chi connectivity index (χ2n) is 4.65. The minimum Gasteiger partial charge on any atom is -0.454 e. The molecule has 21 heavy (non-hydrogen) atoms. The molecule has 0 heterocycles. The third-order valence-electron chi connectivity index (χ3n) is 2.81. The topological polar surface area (TPSA) is 21.3 Å². The molecule has 0 aliphatic rings. The van der Waals surface area contributed by atoms with Gasteiger partial charge in [-0.25, -0.2) is 8.78 Å². The first-order chi connectivity index (χ1) is 10.1. The quantitative estimate of drug-likeness (QED) is 0.734. The largest absolute Gasteiger partial charge is 0.454 e. The molecule has 0 radical (unpaired) electrons. The van der Waals surface area contributed by atoms with Crippen LogP contribution in [0.15, 0.2) is 40.9 Å². The Balaban J connectivity index is 2.15. The van der Waals surface area contributed by atoms with Crippen molar-refractivity contribution in [2.24, 2.45) is 0 Å². The number of hydrogen-bond acceptors (Lipinski definition) is 2. The van der Waals surface area contributed by atoms with Gasteiger partial charge < -0.3 is 10.1 Å². The van der Waals surface area contributed by atoms with E-state index in [1.165, 1.54) is 24.3 Å². The highest BCUT2D eigenvalue weighted by Crippen LogP contribution is 2.28. The molecule has 2 rings (SSSR count). The monoisotopic (exact) mass is 355 g/mol. The maximum atomic E-state index is 13.7. The summed E-state index contributed by atoms with van der Waals surface area (Å²) in [7, 11) is 0. The van der Waals surface area contributed by atoms with Gasteiger partial charge in [0.2, 0.25) is 0 Å². The average Bonchev–Trinajstić information content (AvgIpc) is 2.42. The Morgan fingerprint density at radius 3 is 2.67 bits per heavy atom. The molecule has 0 saturated carbocycles. The highest BCUT2D eigenvalue weighted by atomic mass is 79.9. The summed E-state index contributed by atoms with van der Waals surface area (Å²) in [6, 6.07) is 8.85. The van der Waals surface area contributed by atoms with Crippen LogP contribution in [0.1, 0.15) is 18.9 Å². The summed E-state index contributed by atoms with van der Waals surface area (Å²) < 4.78 is 33.4. The van der Waals surface area contributed by atoms with Crippen molar-refractivity contribution in [3.05, 3.63) is 58.1 Å². The predicted molar refractivity (Wildman–Crippen MR) is 82.6 cm³/mol. The molecule has 2 nitrogen and oxygen atoms in total. The lowest BCUT2D eigenvalue weighted by atomic mass is 10.2. The summed E-state index contributed by atoms with van der Waals surface area (Å²) in [4.78, 5) is 0. The number of halogens is 3. The van der Waals surface area contributed by atoms with Gasteiger partial charge in [-0.3, -0.25) is 0 Å². The van der Waals surface area contributed by atoms with Crippen molar-refractivity contribution in [2.75, 3.05) is 6.54 Å². The fourth-order valence-corrected chi connectivity index (χ4v) is 2.21. The molecular weight excluding hydrogens is 340 g/mol. The van der Waals surface area contributed by atoms with E-state index in [-0.39, 0.29) is 11.5 Å². The molecule has 112 valence electrons. The molecule has 1 N–H and O–H groups in total. The lowest BCUT2D eigenvalue weighted by molar-refractivity contribution is 0.437. The van der Waals surface area contributed by atoms with Gasteiger partial charge in [0.1, 0.15) is 11.6 Å². The molecule has 0 unspecified atom stereocenters. The number of benzene rings is 2. The molecule has 0 saturated heterocycles. The van der Waals surface area contributed by atoms with Crippen molar-refractivity contribution in [1.29, 1.82) is 0 Å². The predicted octanol–water partition coefficient (Wildman–Crippen LogP) is 5.02. The Morgan fingerprint density at radius 2 is 1.95 bits per heavy atom. The van der Waals surface area contributed by atoms with Crippen LogP contribution in [0.4, 0.5) is 8.78 Å². The van der Waals surface area contributed by atoms with Crippen molar-refractivity contribution in [3.63, 3.8) is 0 Å². The fourth-order valence-electron chi connectivity index (χ4n) is 1.88. The summed E-state index contributed by atoms with van der Waals surface area (Å²) >= 11 is 3.18. The van der Waals surface area contributed by atoms with Gasteiger partial charge in [0.15, 0.2) is 11.6 Å². The number of nitrogens with one attached hydrogen (secondary N) is 1. The third-order valence-corrected chi connectivity index (χ3v) is 3.30.